The Morgan fingerprint density at radius 1 is 1.32 bits per heavy atom. The summed E-state index contributed by atoms with van der Waals surface area (Å²) in [7, 11) is 3.49. The molecule has 1 N–H and O–H groups in total. The summed E-state index contributed by atoms with van der Waals surface area (Å²) in [5.74, 6) is 0.368. The molecule has 22 heavy (non-hydrogen) atoms. The van der Waals surface area contributed by atoms with Crippen molar-refractivity contribution in [2.24, 2.45) is 5.92 Å². The summed E-state index contributed by atoms with van der Waals surface area (Å²) in [6.45, 7) is 7.00. The zero-order valence-corrected chi connectivity index (χ0v) is 14.9. The number of methoxy groups -OCH3 is 1. The highest BCUT2D eigenvalue weighted by atomic mass is 35.5. The maximum atomic E-state index is 12.3. The number of nitrogens with one attached hydrogen (secondary N) is 1. The lowest BCUT2D eigenvalue weighted by Gasteiger charge is -2.34. The van der Waals surface area contributed by atoms with Crippen LogP contribution in [0.4, 0.5) is 0 Å². The van der Waals surface area contributed by atoms with Gasteiger partial charge in [-0.25, -0.2) is 0 Å². The fourth-order valence-corrected chi connectivity index (χ4v) is 2.40. The fourth-order valence-electron chi connectivity index (χ4n) is 2.40. The maximum absolute atomic E-state index is 12.3. The van der Waals surface area contributed by atoms with Crippen LogP contribution < -0.4 is 5.32 Å². The Bertz CT molecular complexity index is 345. The van der Waals surface area contributed by atoms with E-state index < -0.39 is 0 Å². The second kappa shape index (κ2) is 10.8. The molecule has 2 amide bonds. The molecule has 1 aliphatic rings. The van der Waals surface area contributed by atoms with Gasteiger partial charge in [0.25, 0.3) is 0 Å². The van der Waals surface area contributed by atoms with Crippen molar-refractivity contribution in [3.63, 3.8) is 0 Å². The molecule has 0 aromatic heterocycles. The predicted octanol–water partition coefficient (Wildman–Crippen LogP) is 0.750. The van der Waals surface area contributed by atoms with E-state index in [2.05, 4.69) is 5.32 Å². The average Bonchev–Trinajstić information content (AvgIpc) is 2.50. The molecule has 0 bridgehead atoms. The molecule has 0 unspecified atom stereocenters. The third-order valence-corrected chi connectivity index (χ3v) is 4.08. The average molecular weight is 336 g/mol. The van der Waals surface area contributed by atoms with E-state index in [9.17, 15) is 9.59 Å². The van der Waals surface area contributed by atoms with Crippen LogP contribution in [0.3, 0.4) is 0 Å². The van der Waals surface area contributed by atoms with Gasteiger partial charge in [0.15, 0.2) is 0 Å². The van der Waals surface area contributed by atoms with Crippen LogP contribution in [0, 0.1) is 5.92 Å². The minimum atomic E-state index is 0. The number of hydrogen-bond donors (Lipinski definition) is 1. The number of rotatable bonds is 7. The SMILES string of the molecule is COCCNCC(=O)N1CCC(C(=O)N(C)C(C)C)CC1.Cl. The van der Waals surface area contributed by atoms with Crippen molar-refractivity contribution < 1.29 is 14.3 Å². The quantitative estimate of drug-likeness (QED) is 0.697. The highest BCUT2D eigenvalue weighted by Crippen LogP contribution is 2.20. The van der Waals surface area contributed by atoms with Crippen LogP contribution in [-0.2, 0) is 14.3 Å². The van der Waals surface area contributed by atoms with Crippen LogP contribution in [0.15, 0.2) is 0 Å². The first kappa shape index (κ1) is 21.1. The lowest BCUT2D eigenvalue weighted by atomic mass is 9.95. The van der Waals surface area contributed by atoms with Gasteiger partial charge in [-0.1, -0.05) is 0 Å². The van der Waals surface area contributed by atoms with Crippen molar-refractivity contribution in [1.29, 1.82) is 0 Å². The molecule has 0 spiro atoms. The first-order valence-corrected chi connectivity index (χ1v) is 7.71. The van der Waals surface area contributed by atoms with Crippen LogP contribution in [0.25, 0.3) is 0 Å². The third-order valence-electron chi connectivity index (χ3n) is 4.08. The first-order valence-electron chi connectivity index (χ1n) is 7.71. The standard InChI is InChI=1S/C15H29N3O3.ClH/c1-12(2)17(3)15(20)13-5-8-18(9-6-13)14(19)11-16-7-10-21-4;/h12-13,16H,5-11H2,1-4H3;1H. The molecule has 0 saturated carbocycles. The highest BCUT2D eigenvalue weighted by Gasteiger charge is 2.29. The minimum Gasteiger partial charge on any atom is -0.383 e. The summed E-state index contributed by atoms with van der Waals surface area (Å²) in [4.78, 5) is 27.9. The van der Waals surface area contributed by atoms with Gasteiger partial charge in [0.2, 0.25) is 11.8 Å². The Balaban J connectivity index is 0.00000441. The van der Waals surface area contributed by atoms with Gasteiger partial charge in [0.05, 0.1) is 13.2 Å². The van der Waals surface area contributed by atoms with Crippen molar-refractivity contribution in [1.82, 2.24) is 15.1 Å². The number of hydrogen-bond acceptors (Lipinski definition) is 4. The molecule has 1 rings (SSSR count). The van der Waals surface area contributed by atoms with Crippen LogP contribution in [0.2, 0.25) is 0 Å². The van der Waals surface area contributed by atoms with Gasteiger partial charge in [0.1, 0.15) is 0 Å². The van der Waals surface area contributed by atoms with Gasteiger partial charge < -0.3 is 19.9 Å². The van der Waals surface area contributed by atoms with Gasteiger partial charge >= 0.3 is 0 Å². The summed E-state index contributed by atoms with van der Waals surface area (Å²) in [5, 5.41) is 3.06. The molecular weight excluding hydrogens is 306 g/mol. The number of carbonyl (C=O) groups is 2. The second-order valence-corrected chi connectivity index (χ2v) is 5.87. The summed E-state index contributed by atoms with van der Waals surface area (Å²) in [6.07, 6.45) is 1.53. The van der Waals surface area contributed by atoms with Crippen LogP contribution in [0.5, 0.6) is 0 Å². The van der Waals surface area contributed by atoms with E-state index >= 15 is 0 Å². The lowest BCUT2D eigenvalue weighted by Crippen LogP contribution is -2.47. The first-order chi connectivity index (χ1) is 9.97. The van der Waals surface area contributed by atoms with Crippen LogP contribution >= 0.6 is 12.4 Å². The van der Waals surface area contributed by atoms with Crippen molar-refractivity contribution in [2.45, 2.75) is 32.7 Å². The second-order valence-electron chi connectivity index (χ2n) is 5.87. The maximum Gasteiger partial charge on any atom is 0.236 e. The molecule has 1 saturated heterocycles. The summed E-state index contributed by atoms with van der Waals surface area (Å²) in [6, 6.07) is 0.224. The molecule has 1 aliphatic heterocycles. The molecular formula is C15H30ClN3O3. The molecule has 1 fully saturated rings. The Labute approximate surface area is 140 Å². The smallest absolute Gasteiger partial charge is 0.236 e. The zero-order chi connectivity index (χ0) is 15.8. The number of piperidine rings is 1. The van der Waals surface area contributed by atoms with Crippen molar-refractivity contribution in [2.75, 3.05) is 46.9 Å². The Morgan fingerprint density at radius 3 is 2.41 bits per heavy atom. The third kappa shape index (κ3) is 6.50. The number of likely N-dealkylation sites (tertiary alicyclic amines) is 1. The fraction of sp³-hybridized carbons (Fsp3) is 0.867. The minimum absolute atomic E-state index is 0. The van der Waals surface area contributed by atoms with Gasteiger partial charge in [0, 0.05) is 45.8 Å². The number of halogens is 1. The number of ether oxygens (including phenoxy) is 1. The van der Waals surface area contributed by atoms with Gasteiger partial charge in [-0.05, 0) is 26.7 Å². The molecule has 7 heteroatoms. The van der Waals surface area contributed by atoms with Crippen LogP contribution in [-0.4, -0.2) is 74.6 Å². The van der Waals surface area contributed by atoms with Crippen LogP contribution in [0.1, 0.15) is 26.7 Å². The Morgan fingerprint density at radius 2 is 1.91 bits per heavy atom. The zero-order valence-electron chi connectivity index (χ0n) is 14.1. The summed E-state index contributed by atoms with van der Waals surface area (Å²) >= 11 is 0. The molecule has 0 aromatic carbocycles. The van der Waals surface area contributed by atoms with E-state index in [1.165, 1.54) is 0 Å². The molecule has 6 nitrogen and oxygen atoms in total. The Hall–Kier alpha value is -0.850. The van der Waals surface area contributed by atoms with Crippen molar-refractivity contribution in [3.05, 3.63) is 0 Å². The highest BCUT2D eigenvalue weighted by molar-refractivity contribution is 5.85. The van der Waals surface area contributed by atoms with E-state index in [-0.39, 0.29) is 36.2 Å². The molecule has 1 heterocycles. The number of nitrogens with zero attached hydrogens (tertiary/aromatic N) is 2. The van der Waals surface area contributed by atoms with E-state index in [4.69, 9.17) is 4.74 Å². The monoisotopic (exact) mass is 335 g/mol. The molecule has 0 radical (unpaired) electrons. The lowest BCUT2D eigenvalue weighted by molar-refractivity contribution is -0.140. The van der Waals surface area contributed by atoms with Gasteiger partial charge in [-0.3, -0.25) is 9.59 Å². The molecule has 0 aliphatic carbocycles. The van der Waals surface area contributed by atoms with E-state index in [0.717, 1.165) is 12.8 Å². The summed E-state index contributed by atoms with van der Waals surface area (Å²) in [5.41, 5.74) is 0. The normalized spacial score (nSPS) is 15.6. The molecule has 130 valence electrons. The van der Waals surface area contributed by atoms with Crippen molar-refractivity contribution >= 4 is 24.2 Å². The molecule has 0 aromatic rings. The summed E-state index contributed by atoms with van der Waals surface area (Å²) < 4.78 is 4.92. The largest absolute Gasteiger partial charge is 0.383 e. The van der Waals surface area contributed by atoms with Gasteiger partial charge in [-0.15, -0.1) is 12.4 Å². The Kier molecular flexibility index (Phi) is 10.4. The van der Waals surface area contributed by atoms with Gasteiger partial charge in [-0.2, -0.15) is 0 Å². The van der Waals surface area contributed by atoms with E-state index in [1.807, 2.05) is 25.8 Å². The van der Waals surface area contributed by atoms with E-state index in [1.54, 1.807) is 12.0 Å². The number of amides is 2. The molecule has 0 atom stereocenters. The predicted molar refractivity (Wildman–Crippen MR) is 89.2 cm³/mol. The van der Waals surface area contributed by atoms with E-state index in [0.29, 0.717) is 32.8 Å². The van der Waals surface area contributed by atoms with Crippen molar-refractivity contribution in [3.8, 4) is 0 Å². The topological polar surface area (TPSA) is 61.9 Å². The number of carbonyl (C=O) groups excluding carboxylic acids is 2.